The number of amides is 2. The number of nitrogens with two attached hydrogens (primary N) is 1. The first-order chi connectivity index (χ1) is 14.6. The van der Waals surface area contributed by atoms with Gasteiger partial charge in [0, 0.05) is 25.1 Å². The minimum Gasteiger partial charge on any atom is -0.482 e. The van der Waals surface area contributed by atoms with Gasteiger partial charge in [0.15, 0.2) is 12.4 Å². The van der Waals surface area contributed by atoms with Crippen molar-refractivity contribution in [2.24, 2.45) is 5.14 Å². The number of anilines is 1. The number of Topliss-reactive ketones (excluding diaryl/α,β-unsaturated/α-hetero) is 1. The largest absolute Gasteiger partial charge is 0.482 e. The first-order valence-electron chi connectivity index (χ1n) is 9.62. The molecule has 0 bridgehead atoms. The summed E-state index contributed by atoms with van der Waals surface area (Å²) < 4.78 is 27.9. The van der Waals surface area contributed by atoms with E-state index in [0.717, 1.165) is 5.56 Å². The zero-order chi connectivity index (χ0) is 22.6. The molecule has 1 heterocycles. The van der Waals surface area contributed by atoms with Crippen LogP contribution in [-0.2, 0) is 26.0 Å². The Labute approximate surface area is 180 Å². The lowest BCUT2D eigenvalue weighted by molar-refractivity contribution is -0.122. The molecule has 0 saturated heterocycles. The van der Waals surface area contributed by atoms with E-state index in [-0.39, 0.29) is 42.1 Å². The first-order valence-corrected chi connectivity index (χ1v) is 11.2. The molecule has 3 rings (SSSR count). The van der Waals surface area contributed by atoms with E-state index in [1.54, 1.807) is 30.3 Å². The van der Waals surface area contributed by atoms with Crippen molar-refractivity contribution in [3.05, 3.63) is 53.6 Å². The van der Waals surface area contributed by atoms with Gasteiger partial charge in [0.05, 0.1) is 10.6 Å². The molecule has 2 amide bonds. The molecular formula is C21H23N3O6S. The molecule has 0 aromatic heterocycles. The second-order valence-electron chi connectivity index (χ2n) is 7.11. The van der Waals surface area contributed by atoms with Crippen molar-refractivity contribution in [3.8, 4) is 5.75 Å². The van der Waals surface area contributed by atoms with Crippen LogP contribution in [-0.4, -0.2) is 45.7 Å². The summed E-state index contributed by atoms with van der Waals surface area (Å²) in [6, 6.07) is 11.0. The summed E-state index contributed by atoms with van der Waals surface area (Å²) in [6.45, 7) is 1.83. The molecule has 164 valence electrons. The van der Waals surface area contributed by atoms with Crippen molar-refractivity contribution in [1.29, 1.82) is 0 Å². The molecule has 1 aliphatic heterocycles. The molecule has 0 radical (unpaired) electrons. The molecule has 10 heteroatoms. The van der Waals surface area contributed by atoms with Crippen LogP contribution in [0.4, 0.5) is 5.69 Å². The van der Waals surface area contributed by atoms with Gasteiger partial charge in [-0.1, -0.05) is 12.1 Å². The monoisotopic (exact) mass is 445 g/mol. The summed E-state index contributed by atoms with van der Waals surface area (Å²) in [4.78, 5) is 37.6. The van der Waals surface area contributed by atoms with Crippen molar-refractivity contribution in [3.63, 3.8) is 0 Å². The average Bonchev–Trinajstić information content (AvgIpc) is 2.72. The Kier molecular flexibility index (Phi) is 6.71. The van der Waals surface area contributed by atoms with Gasteiger partial charge in [-0.15, -0.1) is 0 Å². The first kappa shape index (κ1) is 22.4. The number of ether oxygens (including phenoxy) is 1. The normalized spacial score (nSPS) is 13.4. The van der Waals surface area contributed by atoms with Crippen LogP contribution in [0.2, 0.25) is 0 Å². The van der Waals surface area contributed by atoms with Crippen LogP contribution in [0.5, 0.6) is 5.75 Å². The summed E-state index contributed by atoms with van der Waals surface area (Å²) in [6.07, 6.45) is 0.595. The number of sulfonamides is 1. The zero-order valence-electron chi connectivity index (χ0n) is 17.0. The molecule has 3 N–H and O–H groups in total. The van der Waals surface area contributed by atoms with Gasteiger partial charge < -0.3 is 15.0 Å². The molecule has 0 fully saturated rings. The standard InChI is InChI=1S/C21H23N3O6S/c1-14(25)16-4-7-19-18(12-16)24(21(27)13-30-19)11-9-20(26)23-10-8-15-2-5-17(6-3-15)31(22,28)29/h2-7,12H,8-11,13H2,1H3,(H,23,26)(H2,22,28,29). The van der Waals surface area contributed by atoms with E-state index in [1.807, 2.05) is 0 Å². The van der Waals surface area contributed by atoms with Gasteiger partial charge in [-0.2, -0.15) is 0 Å². The number of ketones is 1. The van der Waals surface area contributed by atoms with Crippen molar-refractivity contribution in [2.45, 2.75) is 24.7 Å². The maximum Gasteiger partial charge on any atom is 0.265 e. The molecule has 0 saturated carbocycles. The second kappa shape index (κ2) is 9.27. The molecule has 0 spiro atoms. The molecule has 2 aromatic carbocycles. The third kappa shape index (κ3) is 5.68. The average molecular weight is 445 g/mol. The van der Waals surface area contributed by atoms with E-state index in [4.69, 9.17) is 9.88 Å². The van der Waals surface area contributed by atoms with E-state index in [2.05, 4.69) is 5.32 Å². The number of rotatable bonds is 8. The van der Waals surface area contributed by atoms with Crippen LogP contribution in [0.1, 0.15) is 29.3 Å². The van der Waals surface area contributed by atoms with Crippen molar-refractivity contribution in [1.82, 2.24) is 5.32 Å². The quantitative estimate of drug-likeness (QED) is 0.582. The Hall–Kier alpha value is -3.24. The summed E-state index contributed by atoms with van der Waals surface area (Å²) in [5.41, 5.74) is 1.79. The molecule has 9 nitrogen and oxygen atoms in total. The fourth-order valence-corrected chi connectivity index (χ4v) is 3.68. The highest BCUT2D eigenvalue weighted by Crippen LogP contribution is 2.33. The van der Waals surface area contributed by atoms with Gasteiger partial charge >= 0.3 is 0 Å². The SMILES string of the molecule is CC(=O)c1ccc2c(c1)N(CCC(=O)NCCc1ccc(S(N)(=O)=O)cc1)C(=O)CO2. The number of hydrogen-bond donors (Lipinski definition) is 2. The number of carbonyl (C=O) groups is 3. The Morgan fingerprint density at radius 3 is 2.52 bits per heavy atom. The summed E-state index contributed by atoms with van der Waals surface area (Å²) >= 11 is 0. The van der Waals surface area contributed by atoms with Gasteiger partial charge in [-0.25, -0.2) is 13.6 Å². The van der Waals surface area contributed by atoms with Crippen LogP contribution in [0.25, 0.3) is 0 Å². The van der Waals surface area contributed by atoms with Gasteiger partial charge in [-0.3, -0.25) is 14.4 Å². The number of nitrogens with one attached hydrogen (secondary N) is 1. The number of benzene rings is 2. The lowest BCUT2D eigenvalue weighted by Crippen LogP contribution is -2.41. The maximum absolute atomic E-state index is 12.3. The molecular weight excluding hydrogens is 422 g/mol. The smallest absolute Gasteiger partial charge is 0.265 e. The van der Waals surface area contributed by atoms with Gasteiger partial charge in [0.2, 0.25) is 15.9 Å². The Morgan fingerprint density at radius 2 is 1.87 bits per heavy atom. The summed E-state index contributed by atoms with van der Waals surface area (Å²) in [5.74, 6) is -0.149. The number of hydrogen-bond acceptors (Lipinski definition) is 6. The van der Waals surface area contributed by atoms with Crippen LogP contribution in [0, 0.1) is 0 Å². The third-order valence-electron chi connectivity index (χ3n) is 4.86. The second-order valence-corrected chi connectivity index (χ2v) is 8.67. The Balaban J connectivity index is 1.53. The minimum atomic E-state index is -3.73. The van der Waals surface area contributed by atoms with Crippen LogP contribution in [0.15, 0.2) is 47.4 Å². The van der Waals surface area contributed by atoms with E-state index >= 15 is 0 Å². The molecule has 0 aliphatic carbocycles. The molecule has 31 heavy (non-hydrogen) atoms. The van der Waals surface area contributed by atoms with E-state index in [9.17, 15) is 22.8 Å². The lowest BCUT2D eigenvalue weighted by Gasteiger charge is -2.29. The molecule has 1 aliphatic rings. The maximum atomic E-state index is 12.3. The van der Waals surface area contributed by atoms with E-state index < -0.39 is 10.0 Å². The Morgan fingerprint density at radius 1 is 1.16 bits per heavy atom. The van der Waals surface area contributed by atoms with Crippen molar-refractivity contribution >= 4 is 33.3 Å². The molecule has 0 unspecified atom stereocenters. The summed E-state index contributed by atoms with van der Waals surface area (Å²) in [5, 5.41) is 7.85. The number of nitrogens with zero attached hydrogens (tertiary/aromatic N) is 1. The zero-order valence-corrected chi connectivity index (χ0v) is 17.8. The highest BCUT2D eigenvalue weighted by atomic mass is 32.2. The fraction of sp³-hybridized carbons (Fsp3) is 0.286. The van der Waals surface area contributed by atoms with Crippen LogP contribution in [0.3, 0.4) is 0 Å². The van der Waals surface area contributed by atoms with Crippen molar-refractivity contribution in [2.75, 3.05) is 24.6 Å². The highest BCUT2D eigenvalue weighted by Gasteiger charge is 2.26. The van der Waals surface area contributed by atoms with Gasteiger partial charge in [0.1, 0.15) is 5.75 Å². The summed E-state index contributed by atoms with van der Waals surface area (Å²) in [7, 11) is -3.73. The van der Waals surface area contributed by atoms with E-state index in [0.29, 0.717) is 30.0 Å². The molecule has 0 atom stereocenters. The van der Waals surface area contributed by atoms with E-state index in [1.165, 1.54) is 24.0 Å². The number of carbonyl (C=O) groups excluding carboxylic acids is 3. The fourth-order valence-electron chi connectivity index (χ4n) is 3.16. The number of primary sulfonamides is 1. The van der Waals surface area contributed by atoms with Gasteiger partial charge in [-0.05, 0) is 49.2 Å². The van der Waals surface area contributed by atoms with Crippen LogP contribution < -0.4 is 20.1 Å². The molecule has 2 aromatic rings. The topological polar surface area (TPSA) is 136 Å². The third-order valence-corrected chi connectivity index (χ3v) is 5.79. The Bertz CT molecular complexity index is 1110. The van der Waals surface area contributed by atoms with Gasteiger partial charge in [0.25, 0.3) is 5.91 Å². The lowest BCUT2D eigenvalue weighted by atomic mass is 10.1. The predicted octanol–water partition coefficient (Wildman–Crippen LogP) is 1.01. The predicted molar refractivity (Wildman–Crippen MR) is 113 cm³/mol. The van der Waals surface area contributed by atoms with Crippen molar-refractivity contribution < 1.29 is 27.5 Å². The highest BCUT2D eigenvalue weighted by molar-refractivity contribution is 7.89. The number of fused-ring (bicyclic) bond motifs is 1. The van der Waals surface area contributed by atoms with Crippen LogP contribution >= 0.6 is 0 Å². The minimum absolute atomic E-state index is 0.0312.